The van der Waals surface area contributed by atoms with Crippen LogP contribution in [0, 0.1) is 0 Å². The van der Waals surface area contributed by atoms with Gasteiger partial charge in [0, 0.05) is 23.1 Å². The molecule has 2 heterocycles. The molecule has 0 aliphatic carbocycles. The Kier molecular flexibility index (Phi) is 3.64. The summed E-state index contributed by atoms with van der Waals surface area (Å²) in [5, 5.41) is 3.24. The smallest absolute Gasteiger partial charge is 0.0775 e. The topological polar surface area (TPSA) is 37.8 Å². The molecule has 0 bridgehead atoms. The highest BCUT2D eigenvalue weighted by Crippen LogP contribution is 2.25. The second kappa shape index (κ2) is 5.18. The van der Waals surface area contributed by atoms with Gasteiger partial charge in [0.25, 0.3) is 0 Å². The Hall–Kier alpha value is -1.26. The van der Waals surface area contributed by atoms with E-state index >= 15 is 0 Å². The molecule has 1 N–H and O–H groups in total. The van der Waals surface area contributed by atoms with Crippen molar-refractivity contribution in [2.75, 3.05) is 7.05 Å². The molecule has 4 heteroatoms. The average molecular weight is 278 g/mol. The molecule has 1 unspecified atom stereocenters. The number of rotatable bonds is 3. The van der Waals surface area contributed by atoms with E-state index in [0.717, 1.165) is 15.7 Å². The maximum Gasteiger partial charge on any atom is 0.0775 e. The number of nitrogens with zero attached hydrogens (tertiary/aromatic N) is 2. The van der Waals surface area contributed by atoms with Gasteiger partial charge in [0.1, 0.15) is 0 Å². The number of halogens is 1. The lowest BCUT2D eigenvalue weighted by molar-refractivity contribution is 0.665. The van der Waals surface area contributed by atoms with Gasteiger partial charge in [0.15, 0.2) is 0 Å². The van der Waals surface area contributed by atoms with Crippen LogP contribution >= 0.6 is 15.9 Å². The van der Waals surface area contributed by atoms with Gasteiger partial charge in [-0.2, -0.15) is 0 Å². The number of pyridine rings is 2. The highest BCUT2D eigenvalue weighted by molar-refractivity contribution is 9.10. The molecular weight excluding hydrogens is 266 g/mol. The van der Waals surface area contributed by atoms with Crippen LogP contribution in [0.3, 0.4) is 0 Å². The summed E-state index contributed by atoms with van der Waals surface area (Å²) in [4.78, 5) is 8.51. The predicted octanol–water partition coefficient (Wildman–Crippen LogP) is 2.55. The summed E-state index contributed by atoms with van der Waals surface area (Å²) in [6, 6.07) is 7.92. The minimum atomic E-state index is 0.0595. The standard InChI is InChI=1S/C12H12BrN3/c1-14-11(9-4-2-6-15-8-9)12-10(13)5-3-7-16-12/h2-8,11,14H,1H3. The molecule has 0 aliphatic rings. The van der Waals surface area contributed by atoms with Crippen molar-refractivity contribution >= 4 is 15.9 Å². The van der Waals surface area contributed by atoms with E-state index in [2.05, 4.69) is 31.2 Å². The minimum absolute atomic E-state index is 0.0595. The van der Waals surface area contributed by atoms with E-state index in [0.29, 0.717) is 0 Å². The molecule has 0 saturated heterocycles. The number of hydrogen-bond acceptors (Lipinski definition) is 3. The van der Waals surface area contributed by atoms with Gasteiger partial charge in [-0.1, -0.05) is 6.07 Å². The van der Waals surface area contributed by atoms with Gasteiger partial charge in [0.05, 0.1) is 11.7 Å². The van der Waals surface area contributed by atoms with Gasteiger partial charge in [-0.05, 0) is 46.7 Å². The first-order chi connectivity index (χ1) is 7.83. The Labute approximate surface area is 103 Å². The lowest BCUT2D eigenvalue weighted by Crippen LogP contribution is -2.19. The van der Waals surface area contributed by atoms with Crippen LogP contribution in [-0.2, 0) is 0 Å². The highest BCUT2D eigenvalue weighted by atomic mass is 79.9. The number of nitrogens with one attached hydrogen (secondary N) is 1. The molecule has 16 heavy (non-hydrogen) atoms. The molecule has 0 radical (unpaired) electrons. The molecule has 82 valence electrons. The van der Waals surface area contributed by atoms with Gasteiger partial charge in [-0.3, -0.25) is 9.97 Å². The zero-order chi connectivity index (χ0) is 11.4. The van der Waals surface area contributed by atoms with Gasteiger partial charge >= 0.3 is 0 Å². The number of hydrogen-bond donors (Lipinski definition) is 1. The first-order valence-corrected chi connectivity index (χ1v) is 5.80. The van der Waals surface area contributed by atoms with Crippen LogP contribution in [0.1, 0.15) is 17.3 Å². The molecule has 0 amide bonds. The van der Waals surface area contributed by atoms with Crippen molar-refractivity contribution in [2.45, 2.75) is 6.04 Å². The Bertz CT molecular complexity index is 459. The normalized spacial score (nSPS) is 12.4. The summed E-state index contributed by atoms with van der Waals surface area (Å²) in [5.74, 6) is 0. The first-order valence-electron chi connectivity index (χ1n) is 5.00. The van der Waals surface area contributed by atoms with Crippen molar-refractivity contribution < 1.29 is 0 Å². The lowest BCUT2D eigenvalue weighted by Gasteiger charge is -2.16. The van der Waals surface area contributed by atoms with E-state index in [1.54, 1.807) is 12.4 Å². The van der Waals surface area contributed by atoms with E-state index in [4.69, 9.17) is 0 Å². The van der Waals surface area contributed by atoms with Crippen molar-refractivity contribution in [3.05, 3.63) is 58.6 Å². The van der Waals surface area contributed by atoms with Gasteiger partial charge in [0.2, 0.25) is 0 Å². The van der Waals surface area contributed by atoms with Gasteiger partial charge in [-0.15, -0.1) is 0 Å². The van der Waals surface area contributed by atoms with Crippen LogP contribution in [0.25, 0.3) is 0 Å². The van der Waals surface area contributed by atoms with Crippen LogP contribution in [-0.4, -0.2) is 17.0 Å². The molecule has 3 nitrogen and oxygen atoms in total. The molecule has 1 atom stereocenters. The molecule has 0 aliphatic heterocycles. The fourth-order valence-corrected chi connectivity index (χ4v) is 2.10. The summed E-state index contributed by atoms with van der Waals surface area (Å²) >= 11 is 3.51. The summed E-state index contributed by atoms with van der Waals surface area (Å²) in [5.41, 5.74) is 2.07. The Balaban J connectivity index is 2.41. The SMILES string of the molecule is CNC(c1cccnc1)c1ncccc1Br. The fraction of sp³-hybridized carbons (Fsp3) is 0.167. The van der Waals surface area contributed by atoms with Crippen LogP contribution in [0.2, 0.25) is 0 Å². The van der Waals surface area contributed by atoms with Crippen LogP contribution in [0.5, 0.6) is 0 Å². The van der Waals surface area contributed by atoms with Gasteiger partial charge < -0.3 is 5.32 Å². The first kappa shape index (κ1) is 11.2. The van der Waals surface area contributed by atoms with Crippen molar-refractivity contribution in [1.82, 2.24) is 15.3 Å². The monoisotopic (exact) mass is 277 g/mol. The van der Waals surface area contributed by atoms with Crippen LogP contribution in [0.4, 0.5) is 0 Å². The maximum absolute atomic E-state index is 4.39. The van der Waals surface area contributed by atoms with E-state index in [-0.39, 0.29) is 6.04 Å². The third-order valence-electron chi connectivity index (χ3n) is 2.37. The summed E-state index contributed by atoms with van der Waals surface area (Å²) in [6.07, 6.45) is 5.41. The van der Waals surface area contributed by atoms with Crippen LogP contribution < -0.4 is 5.32 Å². The summed E-state index contributed by atoms with van der Waals surface area (Å²) < 4.78 is 0.998. The minimum Gasteiger partial charge on any atom is -0.308 e. The quantitative estimate of drug-likeness (QED) is 0.937. The van der Waals surface area contributed by atoms with Crippen molar-refractivity contribution in [1.29, 1.82) is 0 Å². The largest absolute Gasteiger partial charge is 0.308 e. The zero-order valence-electron chi connectivity index (χ0n) is 8.89. The molecule has 0 saturated carbocycles. The van der Waals surface area contributed by atoms with Crippen molar-refractivity contribution in [2.24, 2.45) is 0 Å². The zero-order valence-corrected chi connectivity index (χ0v) is 10.5. The van der Waals surface area contributed by atoms with Crippen molar-refractivity contribution in [3.8, 4) is 0 Å². The molecular formula is C12H12BrN3. The van der Waals surface area contributed by atoms with E-state index < -0.39 is 0 Å². The Morgan fingerprint density at radius 1 is 1.25 bits per heavy atom. The Morgan fingerprint density at radius 3 is 2.69 bits per heavy atom. The molecule has 2 aromatic rings. The highest BCUT2D eigenvalue weighted by Gasteiger charge is 2.15. The Morgan fingerprint density at radius 2 is 2.06 bits per heavy atom. The average Bonchev–Trinajstić information content (AvgIpc) is 2.34. The second-order valence-electron chi connectivity index (χ2n) is 3.38. The lowest BCUT2D eigenvalue weighted by atomic mass is 10.1. The third-order valence-corrected chi connectivity index (χ3v) is 3.04. The van der Waals surface area contributed by atoms with Crippen LogP contribution in [0.15, 0.2) is 47.3 Å². The third kappa shape index (κ3) is 2.28. The molecule has 0 spiro atoms. The van der Waals surface area contributed by atoms with Gasteiger partial charge in [-0.25, -0.2) is 0 Å². The molecule has 2 rings (SSSR count). The summed E-state index contributed by atoms with van der Waals surface area (Å²) in [7, 11) is 1.92. The second-order valence-corrected chi connectivity index (χ2v) is 4.23. The molecule has 0 aromatic carbocycles. The van der Waals surface area contributed by atoms with E-state index in [1.165, 1.54) is 0 Å². The molecule has 2 aromatic heterocycles. The predicted molar refractivity (Wildman–Crippen MR) is 67.1 cm³/mol. The fourth-order valence-electron chi connectivity index (χ4n) is 1.62. The number of aromatic nitrogens is 2. The van der Waals surface area contributed by atoms with E-state index in [1.807, 2.05) is 37.5 Å². The maximum atomic E-state index is 4.39. The summed E-state index contributed by atoms with van der Waals surface area (Å²) in [6.45, 7) is 0. The molecule has 0 fully saturated rings. The van der Waals surface area contributed by atoms with Crippen molar-refractivity contribution in [3.63, 3.8) is 0 Å². The van der Waals surface area contributed by atoms with E-state index in [9.17, 15) is 0 Å².